The number of pyridine rings is 1. The second kappa shape index (κ2) is 15.4. The van der Waals surface area contributed by atoms with Crippen molar-refractivity contribution in [3.8, 4) is 23.2 Å². The number of nitriles is 1. The normalized spacial score (nSPS) is 12.9. The Morgan fingerprint density at radius 1 is 0.981 bits per heavy atom. The van der Waals surface area contributed by atoms with Crippen LogP contribution in [0.1, 0.15) is 61.7 Å². The molecule has 1 aliphatic carbocycles. The highest BCUT2D eigenvalue weighted by Crippen LogP contribution is 2.31. The lowest BCUT2D eigenvalue weighted by molar-refractivity contribution is -0.0112. The van der Waals surface area contributed by atoms with Crippen LogP contribution in [0.25, 0.3) is 22.3 Å². The topological polar surface area (TPSA) is 123 Å². The summed E-state index contributed by atoms with van der Waals surface area (Å²) in [5, 5.41) is 18.1. The first-order valence-electron chi connectivity index (χ1n) is 16.9. The van der Waals surface area contributed by atoms with Crippen molar-refractivity contribution in [2.75, 3.05) is 13.3 Å². The molecule has 0 spiro atoms. The molecule has 5 aromatic rings. The third-order valence-corrected chi connectivity index (χ3v) is 8.47. The summed E-state index contributed by atoms with van der Waals surface area (Å²) in [4.78, 5) is 23.9. The van der Waals surface area contributed by atoms with Crippen LogP contribution in [0, 0.1) is 28.8 Å². The predicted octanol–water partition coefficient (Wildman–Crippen LogP) is 7.42. The minimum atomic E-state index is -0.713. The maximum Gasteiger partial charge on any atom is 0.410 e. The highest BCUT2D eigenvalue weighted by Gasteiger charge is 2.35. The summed E-state index contributed by atoms with van der Waals surface area (Å²) in [6.07, 6.45) is 1.28. The zero-order valence-electron chi connectivity index (χ0n) is 29.0. The summed E-state index contributed by atoms with van der Waals surface area (Å²) in [5.41, 5.74) is 1.94. The van der Waals surface area contributed by atoms with Gasteiger partial charge in [0, 0.05) is 42.7 Å². The highest BCUT2D eigenvalue weighted by atomic mass is 19.1. The van der Waals surface area contributed by atoms with Gasteiger partial charge in [-0.25, -0.2) is 27.9 Å². The first-order valence-corrected chi connectivity index (χ1v) is 16.9. The summed E-state index contributed by atoms with van der Waals surface area (Å²) in [7, 11) is 0. The molecular weight excluding hydrogens is 675 g/mol. The minimum absolute atomic E-state index is 0.0528. The van der Waals surface area contributed by atoms with E-state index in [4.69, 9.17) is 29.6 Å². The molecule has 270 valence electrons. The maximum absolute atomic E-state index is 15.8. The van der Waals surface area contributed by atoms with Gasteiger partial charge >= 0.3 is 6.09 Å². The SMILES string of the molecule is CC(C)(C)OC(=O)N(CCn1c(Cc2cc(F)c(-c3cccc(OCc4ccc(C#N)cc4F)n3)cc2F)nc2ccc(COCO)cc21)C1CC1. The number of carbonyl (C=O) groups is 1. The number of rotatable bonds is 13. The number of aliphatic hydroxyl groups is 1. The predicted molar refractivity (Wildman–Crippen MR) is 185 cm³/mol. The van der Waals surface area contributed by atoms with E-state index in [0.717, 1.165) is 36.6 Å². The van der Waals surface area contributed by atoms with Gasteiger partial charge in [-0.1, -0.05) is 18.2 Å². The van der Waals surface area contributed by atoms with E-state index in [1.54, 1.807) is 17.0 Å². The Bertz CT molecular complexity index is 2140. The summed E-state index contributed by atoms with van der Waals surface area (Å²) in [6, 6.07) is 18.2. The largest absolute Gasteiger partial charge is 0.473 e. The van der Waals surface area contributed by atoms with Gasteiger partial charge in [0.25, 0.3) is 0 Å². The molecule has 1 N–H and O–H groups in total. The Balaban J connectivity index is 1.26. The smallest absolute Gasteiger partial charge is 0.410 e. The second-order valence-electron chi connectivity index (χ2n) is 13.6. The van der Waals surface area contributed by atoms with E-state index < -0.39 is 35.9 Å². The number of fused-ring (bicyclic) bond motifs is 1. The van der Waals surface area contributed by atoms with Gasteiger partial charge in [-0.3, -0.25) is 0 Å². The van der Waals surface area contributed by atoms with Crippen molar-refractivity contribution in [1.29, 1.82) is 5.26 Å². The van der Waals surface area contributed by atoms with Crippen molar-refractivity contribution in [1.82, 2.24) is 19.4 Å². The van der Waals surface area contributed by atoms with Crippen LogP contribution in [0.15, 0.2) is 66.7 Å². The molecule has 10 nitrogen and oxygen atoms in total. The molecule has 0 saturated heterocycles. The standard InChI is InChI=1S/C39H38F3N5O5/c1-39(2,3)52-38(49)46(28-10-11-28)13-14-47-35-16-25(21-50-23-48)8-12-34(35)44-36(47)18-27-17-32(42)29(19-31(27)41)33-5-4-6-37(45-33)51-22-26-9-7-24(20-43)15-30(26)40/h4-9,12,15-17,19,28,48H,10-11,13-14,18,21-23H2,1-3H3. The number of aliphatic hydroxyl groups excluding tert-OH is 1. The summed E-state index contributed by atoms with van der Waals surface area (Å²) in [5.74, 6) is -1.45. The van der Waals surface area contributed by atoms with Crippen molar-refractivity contribution in [2.24, 2.45) is 0 Å². The van der Waals surface area contributed by atoms with E-state index >= 15 is 8.78 Å². The first-order chi connectivity index (χ1) is 24.9. The molecule has 0 radical (unpaired) electrons. The molecule has 1 saturated carbocycles. The molecule has 2 aromatic heterocycles. The van der Waals surface area contributed by atoms with E-state index in [1.165, 1.54) is 24.3 Å². The summed E-state index contributed by atoms with van der Waals surface area (Å²) < 4.78 is 64.3. The molecular formula is C39H38F3N5O5. The summed E-state index contributed by atoms with van der Waals surface area (Å²) >= 11 is 0. The van der Waals surface area contributed by atoms with E-state index in [1.807, 2.05) is 43.5 Å². The number of carbonyl (C=O) groups excluding carboxylic acids is 1. The Kier molecular flexibility index (Phi) is 10.8. The van der Waals surface area contributed by atoms with Gasteiger partial charge in [-0.15, -0.1) is 0 Å². The molecule has 1 fully saturated rings. The Morgan fingerprint density at radius 2 is 1.77 bits per heavy atom. The third kappa shape index (κ3) is 8.70. The molecule has 0 aliphatic heterocycles. The number of imidazole rings is 1. The van der Waals surface area contributed by atoms with Gasteiger partial charge in [-0.2, -0.15) is 5.26 Å². The van der Waals surface area contributed by atoms with Crippen molar-refractivity contribution in [3.63, 3.8) is 0 Å². The van der Waals surface area contributed by atoms with Crippen LogP contribution in [-0.4, -0.2) is 55.6 Å². The van der Waals surface area contributed by atoms with Crippen molar-refractivity contribution in [3.05, 3.63) is 112 Å². The lowest BCUT2D eigenvalue weighted by atomic mass is 10.0. The molecule has 0 unspecified atom stereocenters. The molecule has 2 heterocycles. The van der Waals surface area contributed by atoms with Gasteiger partial charge in [-0.05, 0) is 87.2 Å². The van der Waals surface area contributed by atoms with E-state index in [-0.39, 0.29) is 59.5 Å². The molecule has 6 rings (SSSR count). The van der Waals surface area contributed by atoms with Crippen molar-refractivity contribution in [2.45, 2.75) is 71.4 Å². The van der Waals surface area contributed by atoms with Crippen LogP contribution in [-0.2, 0) is 35.7 Å². The zero-order chi connectivity index (χ0) is 37.0. The fourth-order valence-electron chi connectivity index (χ4n) is 5.81. The number of amides is 1. The monoisotopic (exact) mass is 713 g/mol. The molecule has 3 aromatic carbocycles. The summed E-state index contributed by atoms with van der Waals surface area (Å²) in [6.45, 7) is 5.60. The number of ether oxygens (including phenoxy) is 3. The molecule has 1 amide bonds. The Morgan fingerprint density at radius 3 is 2.48 bits per heavy atom. The molecule has 0 bridgehead atoms. The lowest BCUT2D eigenvalue weighted by Gasteiger charge is -2.27. The van der Waals surface area contributed by atoms with Gasteiger partial charge in [0.2, 0.25) is 5.88 Å². The Labute approximate surface area is 299 Å². The van der Waals surface area contributed by atoms with E-state index in [9.17, 15) is 9.18 Å². The van der Waals surface area contributed by atoms with Crippen LogP contribution in [0.4, 0.5) is 18.0 Å². The number of nitrogens with zero attached hydrogens (tertiary/aromatic N) is 5. The fourth-order valence-corrected chi connectivity index (χ4v) is 5.81. The lowest BCUT2D eigenvalue weighted by Crippen LogP contribution is -2.40. The number of halogens is 3. The van der Waals surface area contributed by atoms with Gasteiger partial charge in [0.05, 0.1) is 35.0 Å². The van der Waals surface area contributed by atoms with Crippen molar-refractivity contribution >= 4 is 17.1 Å². The average Bonchev–Trinajstić information content (AvgIpc) is 3.89. The first kappa shape index (κ1) is 36.3. The van der Waals surface area contributed by atoms with Crippen LogP contribution in [0.5, 0.6) is 5.88 Å². The van der Waals surface area contributed by atoms with Crippen LogP contribution in [0.3, 0.4) is 0 Å². The van der Waals surface area contributed by atoms with Crippen molar-refractivity contribution < 1.29 is 37.3 Å². The second-order valence-corrected chi connectivity index (χ2v) is 13.6. The molecule has 1 aliphatic rings. The van der Waals surface area contributed by atoms with Crippen LogP contribution < -0.4 is 4.74 Å². The highest BCUT2D eigenvalue weighted by molar-refractivity contribution is 5.77. The van der Waals surface area contributed by atoms with Crippen LogP contribution in [0.2, 0.25) is 0 Å². The van der Waals surface area contributed by atoms with E-state index in [2.05, 4.69) is 4.98 Å². The molecule has 13 heteroatoms. The minimum Gasteiger partial charge on any atom is -0.473 e. The number of aromatic nitrogens is 3. The van der Waals surface area contributed by atoms with Crippen LogP contribution >= 0.6 is 0 Å². The van der Waals surface area contributed by atoms with Gasteiger partial charge in [0.1, 0.15) is 42.3 Å². The number of hydrogen-bond donors (Lipinski definition) is 1. The fraction of sp³-hybridized carbons (Fsp3) is 0.333. The van der Waals surface area contributed by atoms with E-state index in [0.29, 0.717) is 29.9 Å². The number of benzene rings is 3. The number of hydrogen-bond acceptors (Lipinski definition) is 8. The Hall–Kier alpha value is -5.45. The maximum atomic E-state index is 15.8. The molecule has 0 atom stereocenters. The quantitative estimate of drug-likeness (QED) is 0.125. The zero-order valence-corrected chi connectivity index (χ0v) is 29.0. The molecule has 52 heavy (non-hydrogen) atoms. The van der Waals surface area contributed by atoms with Gasteiger partial charge in [0.15, 0.2) is 0 Å². The van der Waals surface area contributed by atoms with Gasteiger partial charge < -0.3 is 28.8 Å². The third-order valence-electron chi connectivity index (χ3n) is 8.47. The average molecular weight is 714 g/mol.